The summed E-state index contributed by atoms with van der Waals surface area (Å²) >= 11 is 4.48. The van der Waals surface area contributed by atoms with Crippen molar-refractivity contribution in [2.45, 2.75) is 37.8 Å². The van der Waals surface area contributed by atoms with Crippen LogP contribution in [0.2, 0.25) is 0 Å². The molecule has 1 amide bonds. The van der Waals surface area contributed by atoms with Gasteiger partial charge in [0.25, 0.3) is 0 Å². The van der Waals surface area contributed by atoms with Crippen LogP contribution in [0, 0.1) is 11.7 Å². The fraction of sp³-hybridized carbons (Fsp3) is 0.524. The molecule has 0 N–H and O–H groups in total. The molecular weight excluding hydrogens is 547 g/mol. The first kappa shape index (κ1) is 32.1. The average molecular weight is 568 g/mol. The molecular formula is C21H21ClF7NO7. The molecule has 3 atom stereocenters. The van der Waals surface area contributed by atoms with E-state index in [0.717, 1.165) is 4.90 Å². The van der Waals surface area contributed by atoms with Gasteiger partial charge in [0.1, 0.15) is 5.82 Å². The van der Waals surface area contributed by atoms with E-state index in [4.69, 9.17) is 4.74 Å². The van der Waals surface area contributed by atoms with Gasteiger partial charge in [-0.1, -0.05) is 19.1 Å². The van der Waals surface area contributed by atoms with Crippen LogP contribution < -0.4 is 0 Å². The van der Waals surface area contributed by atoms with E-state index in [1.54, 1.807) is 6.92 Å². The highest BCUT2D eigenvalue weighted by molar-refractivity contribution is 6.80. The maximum absolute atomic E-state index is 13.2. The number of esters is 2. The Morgan fingerprint density at radius 1 is 0.946 bits per heavy atom. The standard InChI is InChI=1S/C17H19F4NO4.C4H2ClF3O3/c1-10-8-22(15(23)16(24)26-9-17(19,20)21)13(7-14(10)25-2)11-3-5-12(18)6-4-11;5-2(9)3(10)11-1-4(6,7)8/h3-6,10,13-14H,7-9H2,1-2H3;1H2/t10-,13-,14+;/m0./s1. The number of alkyl halides is 6. The molecule has 1 aromatic rings. The van der Waals surface area contributed by atoms with Crippen molar-refractivity contribution in [1.82, 2.24) is 4.90 Å². The third kappa shape index (κ3) is 11.3. The van der Waals surface area contributed by atoms with Gasteiger partial charge in [-0.3, -0.25) is 9.59 Å². The fourth-order valence-corrected chi connectivity index (χ4v) is 3.27. The molecule has 0 aliphatic carbocycles. The monoisotopic (exact) mass is 567 g/mol. The molecule has 1 saturated heterocycles. The number of methoxy groups -OCH3 is 1. The number of benzene rings is 1. The second-order valence-electron chi connectivity index (χ2n) is 7.67. The van der Waals surface area contributed by atoms with E-state index in [1.165, 1.54) is 31.4 Å². The van der Waals surface area contributed by atoms with Crippen LogP contribution in [0.15, 0.2) is 24.3 Å². The van der Waals surface area contributed by atoms with E-state index in [1.807, 2.05) is 0 Å². The molecule has 0 aromatic heterocycles. The van der Waals surface area contributed by atoms with Crippen LogP contribution >= 0.6 is 11.6 Å². The number of piperidine rings is 1. The zero-order valence-corrected chi connectivity index (χ0v) is 20.0. The van der Waals surface area contributed by atoms with Crippen molar-refractivity contribution in [3.63, 3.8) is 0 Å². The molecule has 1 aliphatic rings. The fourth-order valence-electron chi connectivity index (χ4n) is 3.22. The molecule has 1 heterocycles. The van der Waals surface area contributed by atoms with Crippen molar-refractivity contribution in [3.05, 3.63) is 35.6 Å². The topological polar surface area (TPSA) is 99.2 Å². The normalized spacial score (nSPS) is 19.8. The molecule has 37 heavy (non-hydrogen) atoms. The lowest BCUT2D eigenvalue weighted by molar-refractivity contribution is -0.190. The Kier molecular flexibility index (Phi) is 11.8. The van der Waals surface area contributed by atoms with Gasteiger partial charge in [0.05, 0.1) is 12.1 Å². The van der Waals surface area contributed by atoms with Crippen LogP contribution in [-0.2, 0) is 33.4 Å². The van der Waals surface area contributed by atoms with Crippen molar-refractivity contribution in [3.8, 4) is 0 Å². The molecule has 0 spiro atoms. The van der Waals surface area contributed by atoms with Crippen molar-refractivity contribution in [2.24, 2.45) is 5.92 Å². The van der Waals surface area contributed by atoms with Gasteiger partial charge in [-0.2, -0.15) is 26.3 Å². The molecule has 16 heteroatoms. The Hall–Kier alpha value is -2.94. The number of halogens is 8. The van der Waals surface area contributed by atoms with Gasteiger partial charge in [0, 0.05) is 19.6 Å². The van der Waals surface area contributed by atoms with Crippen molar-refractivity contribution in [2.75, 3.05) is 26.9 Å². The Bertz CT molecular complexity index is 954. The molecule has 1 aliphatic heterocycles. The van der Waals surface area contributed by atoms with Crippen molar-refractivity contribution >= 4 is 34.7 Å². The molecule has 0 radical (unpaired) electrons. The Morgan fingerprint density at radius 3 is 1.86 bits per heavy atom. The van der Waals surface area contributed by atoms with E-state index < -0.39 is 60.5 Å². The van der Waals surface area contributed by atoms with Crippen LogP contribution in [0.25, 0.3) is 0 Å². The van der Waals surface area contributed by atoms with Gasteiger partial charge in [-0.25, -0.2) is 14.0 Å². The molecule has 0 unspecified atom stereocenters. The zero-order chi connectivity index (χ0) is 28.6. The van der Waals surface area contributed by atoms with E-state index in [2.05, 4.69) is 21.1 Å². The highest BCUT2D eigenvalue weighted by atomic mass is 35.5. The number of carbonyl (C=O) groups excluding carboxylic acids is 4. The number of amides is 1. The number of carbonyl (C=O) groups is 4. The van der Waals surface area contributed by atoms with Crippen LogP contribution in [0.4, 0.5) is 30.7 Å². The Labute approximate surface area is 210 Å². The molecule has 1 aromatic carbocycles. The third-order valence-electron chi connectivity index (χ3n) is 4.84. The van der Waals surface area contributed by atoms with Crippen molar-refractivity contribution < 1.29 is 64.1 Å². The minimum atomic E-state index is -4.72. The highest BCUT2D eigenvalue weighted by Gasteiger charge is 2.40. The minimum Gasteiger partial charge on any atom is -0.449 e. The van der Waals surface area contributed by atoms with Gasteiger partial charge in [0.2, 0.25) is 0 Å². The summed E-state index contributed by atoms with van der Waals surface area (Å²) in [7, 11) is 1.51. The lowest BCUT2D eigenvalue weighted by atomic mass is 9.87. The Balaban J connectivity index is 0.000000525. The summed E-state index contributed by atoms with van der Waals surface area (Å²) in [6.07, 6.45) is -9.26. The summed E-state index contributed by atoms with van der Waals surface area (Å²) in [5.74, 6) is -5.05. The van der Waals surface area contributed by atoms with Gasteiger partial charge in [0.15, 0.2) is 13.2 Å². The maximum Gasteiger partial charge on any atom is 0.422 e. The van der Waals surface area contributed by atoms with E-state index in [9.17, 15) is 49.9 Å². The van der Waals surface area contributed by atoms with E-state index in [-0.39, 0.29) is 18.6 Å². The SMILES string of the molecule is CO[C@@H]1C[C@@H](c2ccc(F)cc2)N(C(=O)C(=O)OCC(F)(F)F)C[C@@H]1C.O=C(Cl)C(=O)OCC(F)(F)F. The molecule has 2 rings (SSSR count). The molecule has 0 bridgehead atoms. The third-order valence-corrected chi connectivity index (χ3v) is 4.99. The first-order chi connectivity index (χ1) is 16.9. The number of likely N-dealkylation sites (tertiary alicyclic amines) is 1. The first-order valence-electron chi connectivity index (χ1n) is 10.2. The van der Waals surface area contributed by atoms with Crippen LogP contribution in [0.3, 0.4) is 0 Å². The number of rotatable bonds is 5. The maximum atomic E-state index is 13.2. The minimum absolute atomic E-state index is 0.0977. The quantitative estimate of drug-likeness (QED) is 0.231. The molecule has 0 saturated carbocycles. The summed E-state index contributed by atoms with van der Waals surface area (Å²) in [6.45, 7) is -1.73. The van der Waals surface area contributed by atoms with Crippen LogP contribution in [0.1, 0.15) is 24.9 Å². The second kappa shape index (κ2) is 13.6. The van der Waals surface area contributed by atoms with Gasteiger partial charge < -0.3 is 19.1 Å². The summed E-state index contributed by atoms with van der Waals surface area (Å²) in [5, 5.41) is -1.57. The van der Waals surface area contributed by atoms with Crippen LogP contribution in [0.5, 0.6) is 0 Å². The summed E-state index contributed by atoms with van der Waals surface area (Å²) in [4.78, 5) is 45.1. The predicted molar refractivity (Wildman–Crippen MR) is 110 cm³/mol. The van der Waals surface area contributed by atoms with Gasteiger partial charge >= 0.3 is 35.4 Å². The van der Waals surface area contributed by atoms with Gasteiger partial charge in [-0.05, 0) is 35.7 Å². The highest BCUT2D eigenvalue weighted by Crippen LogP contribution is 2.35. The number of ether oxygens (including phenoxy) is 3. The Morgan fingerprint density at radius 2 is 1.43 bits per heavy atom. The largest absolute Gasteiger partial charge is 0.449 e. The second-order valence-corrected chi connectivity index (χ2v) is 8.01. The number of hydrogen-bond acceptors (Lipinski definition) is 7. The predicted octanol–water partition coefficient (Wildman–Crippen LogP) is 3.71. The summed E-state index contributed by atoms with van der Waals surface area (Å²) in [5.41, 5.74) is 0.553. The zero-order valence-electron chi connectivity index (χ0n) is 19.2. The molecule has 8 nitrogen and oxygen atoms in total. The lowest BCUT2D eigenvalue weighted by Gasteiger charge is -2.42. The number of nitrogens with zero attached hydrogens (tertiary/aromatic N) is 1. The number of hydrogen-bond donors (Lipinski definition) is 0. The summed E-state index contributed by atoms with van der Waals surface area (Å²) < 4.78 is 96.4. The lowest BCUT2D eigenvalue weighted by Crippen LogP contribution is -2.50. The smallest absolute Gasteiger partial charge is 0.422 e. The van der Waals surface area contributed by atoms with Crippen LogP contribution in [-0.4, -0.2) is 73.3 Å². The summed E-state index contributed by atoms with van der Waals surface area (Å²) in [6, 6.07) is 4.70. The average Bonchev–Trinajstić information content (AvgIpc) is 2.80. The van der Waals surface area contributed by atoms with E-state index in [0.29, 0.717) is 12.0 Å². The molecule has 1 fully saturated rings. The first-order valence-corrected chi connectivity index (χ1v) is 10.6. The van der Waals surface area contributed by atoms with Crippen molar-refractivity contribution in [1.29, 1.82) is 0 Å². The van der Waals surface area contributed by atoms with Gasteiger partial charge in [-0.15, -0.1) is 0 Å². The molecule has 208 valence electrons. The van der Waals surface area contributed by atoms with E-state index >= 15 is 0 Å².